The summed E-state index contributed by atoms with van der Waals surface area (Å²) < 4.78 is 11.5. The zero-order chi connectivity index (χ0) is 28.4. The standard InChI is InChI=1S/C29H46N4O6/c1-3-4-5-7-23(35)16-24(39-19(2)34)10-9-21-15-22(27(37)28-25(21)8-6-13-38-28)18-33-17-20(14-26(33)36)11-12-32-29(30)31/h15,20,23-24,35,37H,3-14,16-18H2,1-2H3,(H4,30,31,32). The quantitative estimate of drug-likeness (QED) is 0.113. The smallest absolute Gasteiger partial charge is 0.302 e. The fraction of sp³-hybridized carbons (Fsp3) is 0.690. The number of aliphatic imine (C=N–C) groups is 1. The molecule has 0 spiro atoms. The van der Waals surface area contributed by atoms with Gasteiger partial charge >= 0.3 is 5.97 Å². The van der Waals surface area contributed by atoms with Crippen molar-refractivity contribution in [3.63, 3.8) is 0 Å². The number of aliphatic hydroxyl groups is 1. The van der Waals surface area contributed by atoms with Crippen LogP contribution in [0.15, 0.2) is 11.1 Å². The van der Waals surface area contributed by atoms with E-state index in [0.29, 0.717) is 69.5 Å². The van der Waals surface area contributed by atoms with E-state index < -0.39 is 12.2 Å². The molecule has 10 heteroatoms. The molecule has 0 radical (unpaired) electrons. The van der Waals surface area contributed by atoms with E-state index in [9.17, 15) is 19.8 Å². The molecule has 3 atom stereocenters. The first kappa shape index (κ1) is 30.5. The molecule has 218 valence electrons. The normalized spacial score (nSPS) is 18.3. The van der Waals surface area contributed by atoms with Gasteiger partial charge in [0.05, 0.1) is 12.7 Å². The molecule has 2 aliphatic rings. The molecule has 39 heavy (non-hydrogen) atoms. The SMILES string of the molecule is CCCCCC(O)CC(CCc1cc(CN2CC(CCN=C(N)N)CC2=O)c(O)c2c1CCCO2)OC(C)=O. The fourth-order valence-electron chi connectivity index (χ4n) is 5.61. The van der Waals surface area contributed by atoms with Crippen molar-refractivity contribution in [2.45, 2.75) is 103 Å². The molecule has 2 aliphatic heterocycles. The summed E-state index contributed by atoms with van der Waals surface area (Å²) in [5.74, 6) is 0.464. The number of guanidine groups is 1. The Morgan fingerprint density at radius 1 is 1.28 bits per heavy atom. The van der Waals surface area contributed by atoms with Gasteiger partial charge in [0, 0.05) is 50.5 Å². The zero-order valence-corrected chi connectivity index (χ0v) is 23.5. The molecule has 3 unspecified atom stereocenters. The maximum absolute atomic E-state index is 12.7. The van der Waals surface area contributed by atoms with Crippen LogP contribution in [0.2, 0.25) is 0 Å². The predicted molar refractivity (Wildman–Crippen MR) is 149 cm³/mol. The number of phenols is 1. The van der Waals surface area contributed by atoms with Crippen molar-refractivity contribution in [2.75, 3.05) is 19.7 Å². The number of fused-ring (bicyclic) bond motifs is 1. The van der Waals surface area contributed by atoms with Gasteiger partial charge in [-0.2, -0.15) is 0 Å². The van der Waals surface area contributed by atoms with Crippen LogP contribution in [0.5, 0.6) is 11.5 Å². The third-order valence-electron chi connectivity index (χ3n) is 7.58. The highest BCUT2D eigenvalue weighted by Crippen LogP contribution is 2.41. The molecule has 10 nitrogen and oxygen atoms in total. The largest absolute Gasteiger partial charge is 0.504 e. The van der Waals surface area contributed by atoms with Crippen molar-refractivity contribution in [3.05, 3.63) is 22.8 Å². The van der Waals surface area contributed by atoms with Crippen LogP contribution < -0.4 is 16.2 Å². The Labute approximate surface area is 231 Å². The number of hydrogen-bond acceptors (Lipinski definition) is 7. The average Bonchev–Trinajstić information content (AvgIpc) is 3.23. The van der Waals surface area contributed by atoms with Gasteiger partial charge in [-0.05, 0) is 56.1 Å². The number of ether oxygens (including phenoxy) is 2. The number of benzene rings is 1. The molecule has 1 amide bonds. The maximum atomic E-state index is 12.7. The number of hydrogen-bond donors (Lipinski definition) is 4. The van der Waals surface area contributed by atoms with Gasteiger partial charge in [0.2, 0.25) is 5.91 Å². The summed E-state index contributed by atoms with van der Waals surface area (Å²) in [6.07, 6.45) is 7.20. The van der Waals surface area contributed by atoms with Crippen LogP contribution in [0.4, 0.5) is 0 Å². The number of carbonyl (C=O) groups excluding carboxylic acids is 2. The first-order valence-electron chi connectivity index (χ1n) is 14.4. The molecule has 0 aromatic heterocycles. The van der Waals surface area contributed by atoms with E-state index in [-0.39, 0.29) is 36.0 Å². The predicted octanol–water partition coefficient (Wildman–Crippen LogP) is 2.92. The van der Waals surface area contributed by atoms with Crippen molar-refractivity contribution in [1.29, 1.82) is 0 Å². The van der Waals surface area contributed by atoms with Crippen LogP contribution in [-0.2, 0) is 33.7 Å². The first-order chi connectivity index (χ1) is 18.7. The lowest BCUT2D eigenvalue weighted by atomic mass is 9.91. The summed E-state index contributed by atoms with van der Waals surface area (Å²) in [6, 6.07) is 1.96. The maximum Gasteiger partial charge on any atom is 0.302 e. The Morgan fingerprint density at radius 2 is 2.08 bits per heavy atom. The molecule has 1 saturated heterocycles. The molecular weight excluding hydrogens is 500 g/mol. The van der Waals surface area contributed by atoms with Crippen LogP contribution in [0.1, 0.15) is 88.3 Å². The summed E-state index contributed by atoms with van der Waals surface area (Å²) in [4.78, 5) is 30.3. The van der Waals surface area contributed by atoms with Crippen molar-refractivity contribution < 1.29 is 29.3 Å². The number of likely N-dealkylation sites (tertiary alicyclic amines) is 1. The van der Waals surface area contributed by atoms with Crippen molar-refractivity contribution in [2.24, 2.45) is 22.4 Å². The Kier molecular flexibility index (Phi) is 11.7. The lowest BCUT2D eigenvalue weighted by Crippen LogP contribution is -2.26. The van der Waals surface area contributed by atoms with Gasteiger partial charge in [0.25, 0.3) is 0 Å². The molecule has 2 heterocycles. The van der Waals surface area contributed by atoms with Gasteiger partial charge in [-0.15, -0.1) is 0 Å². The molecule has 1 aromatic carbocycles. The molecule has 6 N–H and O–H groups in total. The van der Waals surface area contributed by atoms with Gasteiger partial charge < -0.3 is 36.1 Å². The Morgan fingerprint density at radius 3 is 2.79 bits per heavy atom. The molecule has 3 rings (SSSR count). The number of nitrogens with two attached hydrogens (primary N) is 2. The van der Waals surface area contributed by atoms with E-state index >= 15 is 0 Å². The highest BCUT2D eigenvalue weighted by atomic mass is 16.5. The number of phenolic OH excluding ortho intramolecular Hbond substituents is 1. The highest BCUT2D eigenvalue weighted by molar-refractivity contribution is 5.79. The van der Waals surface area contributed by atoms with Crippen molar-refractivity contribution >= 4 is 17.8 Å². The Bertz CT molecular complexity index is 1010. The van der Waals surface area contributed by atoms with Gasteiger partial charge in [-0.1, -0.05) is 26.2 Å². The van der Waals surface area contributed by atoms with Crippen LogP contribution in [0.3, 0.4) is 0 Å². The number of carbonyl (C=O) groups is 2. The summed E-state index contributed by atoms with van der Waals surface area (Å²) in [5, 5.41) is 21.6. The average molecular weight is 547 g/mol. The van der Waals surface area contributed by atoms with Gasteiger partial charge in [0.1, 0.15) is 6.10 Å². The number of aryl methyl sites for hydroxylation is 1. The molecular formula is C29H46N4O6. The number of rotatable bonds is 15. The summed E-state index contributed by atoms with van der Waals surface area (Å²) >= 11 is 0. The molecule has 1 aromatic rings. The van der Waals surface area contributed by atoms with E-state index in [1.165, 1.54) is 6.92 Å². The van der Waals surface area contributed by atoms with Crippen LogP contribution in [0.25, 0.3) is 0 Å². The summed E-state index contributed by atoms with van der Waals surface area (Å²) in [6.45, 7) is 5.39. The third-order valence-corrected chi connectivity index (χ3v) is 7.58. The Hall–Kier alpha value is -3.01. The fourth-order valence-corrected chi connectivity index (χ4v) is 5.61. The molecule has 0 saturated carbocycles. The first-order valence-corrected chi connectivity index (χ1v) is 14.4. The number of aromatic hydroxyl groups is 1. The number of nitrogens with zero attached hydrogens (tertiary/aromatic N) is 2. The second-order valence-corrected chi connectivity index (χ2v) is 10.9. The second kappa shape index (κ2) is 15.0. The lowest BCUT2D eigenvalue weighted by molar-refractivity contribution is -0.148. The second-order valence-electron chi connectivity index (χ2n) is 10.9. The molecule has 0 aliphatic carbocycles. The lowest BCUT2D eigenvalue weighted by Gasteiger charge is -2.26. The van der Waals surface area contributed by atoms with Gasteiger partial charge in [-0.3, -0.25) is 14.6 Å². The van der Waals surface area contributed by atoms with Gasteiger partial charge in [-0.25, -0.2) is 0 Å². The summed E-state index contributed by atoms with van der Waals surface area (Å²) in [5.41, 5.74) is 13.5. The van der Waals surface area contributed by atoms with E-state index in [2.05, 4.69) is 11.9 Å². The van der Waals surface area contributed by atoms with Gasteiger partial charge in [0.15, 0.2) is 17.5 Å². The highest BCUT2D eigenvalue weighted by Gasteiger charge is 2.31. The minimum Gasteiger partial charge on any atom is -0.504 e. The van der Waals surface area contributed by atoms with E-state index in [1.807, 2.05) is 6.07 Å². The number of unbranched alkanes of at least 4 members (excludes halogenated alkanes) is 2. The molecule has 1 fully saturated rings. The van der Waals surface area contributed by atoms with Crippen LogP contribution in [0, 0.1) is 5.92 Å². The van der Waals surface area contributed by atoms with Crippen LogP contribution >= 0.6 is 0 Å². The topological polar surface area (TPSA) is 161 Å². The monoisotopic (exact) mass is 546 g/mol. The number of esters is 1. The number of amides is 1. The van der Waals surface area contributed by atoms with Crippen molar-refractivity contribution in [3.8, 4) is 11.5 Å². The zero-order valence-electron chi connectivity index (χ0n) is 23.5. The number of aliphatic hydroxyl groups excluding tert-OH is 1. The Balaban J connectivity index is 1.72. The molecule has 0 bridgehead atoms. The van der Waals surface area contributed by atoms with Crippen LogP contribution in [-0.4, -0.2) is 64.9 Å². The minimum absolute atomic E-state index is 0.0382. The third kappa shape index (κ3) is 9.30. The minimum atomic E-state index is -0.519. The van der Waals surface area contributed by atoms with E-state index in [1.54, 1.807) is 4.90 Å². The van der Waals surface area contributed by atoms with Crippen molar-refractivity contribution in [1.82, 2.24) is 4.90 Å². The van der Waals surface area contributed by atoms with E-state index in [4.69, 9.17) is 20.9 Å². The summed E-state index contributed by atoms with van der Waals surface area (Å²) in [7, 11) is 0. The van der Waals surface area contributed by atoms with E-state index in [0.717, 1.165) is 43.2 Å².